The van der Waals surface area contributed by atoms with Crippen LogP contribution in [0.5, 0.6) is 0 Å². The van der Waals surface area contributed by atoms with E-state index >= 15 is 0 Å². The van der Waals surface area contributed by atoms with Crippen LogP contribution < -0.4 is 56.7 Å². The fraction of sp³-hybridized carbons (Fsp3) is 0.786. The van der Waals surface area contributed by atoms with Crippen LogP contribution in [0.3, 0.4) is 0 Å². The van der Waals surface area contributed by atoms with Crippen LogP contribution in [0.25, 0.3) is 0 Å². The Hall–Kier alpha value is 1.31. The smallest absolute Gasteiger partial charge is 0.411 e. The first-order chi connectivity index (χ1) is 9.72. The quantitative estimate of drug-likeness (QED) is 0.279. The monoisotopic (exact) mass is 369 g/mol. The molecule has 0 fully saturated rings. The summed E-state index contributed by atoms with van der Waals surface area (Å²) in [5, 5.41) is 12.8. The molecule has 0 spiro atoms. The summed E-state index contributed by atoms with van der Waals surface area (Å²) < 4.78 is 0.329. The Labute approximate surface area is 186 Å². The van der Waals surface area contributed by atoms with E-state index in [1.165, 1.54) is 57.8 Å². The number of nitrogens with one attached hydrogen (secondary N) is 1. The molecule has 0 aliphatic heterocycles. The van der Waals surface area contributed by atoms with Gasteiger partial charge in [-0.2, -0.15) is 0 Å². The number of unbranched alkanes of at least 4 members (excludes halogenated alkanes) is 8. The van der Waals surface area contributed by atoms with Gasteiger partial charge in [-0.15, -0.1) is 10.2 Å². The average molecular weight is 370 g/mol. The van der Waals surface area contributed by atoms with E-state index in [-0.39, 0.29) is 51.4 Å². The van der Waals surface area contributed by atoms with E-state index in [1.54, 1.807) is 11.3 Å². The third kappa shape index (κ3) is 12.4. The summed E-state index contributed by atoms with van der Waals surface area (Å²) >= 11 is 11.2. The third-order valence-electron chi connectivity index (χ3n) is 3.17. The first-order valence-electron chi connectivity index (χ1n) is 7.52. The molecule has 1 aromatic rings. The van der Waals surface area contributed by atoms with Gasteiger partial charge in [0.25, 0.3) is 0 Å². The van der Waals surface area contributed by atoms with E-state index < -0.39 is 0 Å². The van der Waals surface area contributed by atoms with Crippen LogP contribution in [0.2, 0.25) is 0 Å². The minimum Gasteiger partial charge on any atom is -0.411 e. The largest absolute Gasteiger partial charge is 1.00 e. The molecule has 1 N–H and O–H groups in total. The Morgan fingerprint density at radius 2 is 1.62 bits per heavy atom. The zero-order valence-corrected chi connectivity index (χ0v) is 18.8. The summed E-state index contributed by atoms with van der Waals surface area (Å²) in [5.74, 6) is 0. The zero-order valence-electron chi connectivity index (χ0n) is 13.2. The van der Waals surface area contributed by atoms with Crippen molar-refractivity contribution in [3.8, 4) is 0 Å². The zero-order chi connectivity index (χ0) is 14.6. The van der Waals surface area contributed by atoms with E-state index in [0.717, 1.165) is 16.6 Å². The first kappa shape index (κ1) is 22.3. The summed E-state index contributed by atoms with van der Waals surface area (Å²) in [6, 6.07) is 0. The van der Waals surface area contributed by atoms with Crippen LogP contribution in [-0.4, -0.2) is 14.5 Å². The Balaban J connectivity index is 0.00000400. The minimum absolute atomic E-state index is 0. The van der Waals surface area contributed by atoms with Crippen LogP contribution in [-0.2, 0) is 19.0 Å². The summed E-state index contributed by atoms with van der Waals surface area (Å²) in [4.78, 5) is 0. The number of thiocarbonyl (C=S) groups is 1. The number of rotatable bonds is 11. The van der Waals surface area contributed by atoms with E-state index in [1.807, 2.05) is 0 Å². The van der Waals surface area contributed by atoms with Gasteiger partial charge in [0.05, 0.1) is 0 Å². The van der Waals surface area contributed by atoms with Crippen molar-refractivity contribution >= 4 is 45.6 Å². The molecule has 1 rings (SSSR count). The molecule has 3 nitrogen and oxygen atoms in total. The molecule has 0 radical (unpaired) electrons. The van der Waals surface area contributed by atoms with Crippen molar-refractivity contribution in [1.29, 1.82) is 0 Å². The summed E-state index contributed by atoms with van der Waals surface area (Å²) in [7, 11) is 0. The van der Waals surface area contributed by atoms with Gasteiger partial charge in [0.2, 0.25) is 5.13 Å². The molecule has 0 amide bonds. The van der Waals surface area contributed by atoms with Crippen LogP contribution in [0.15, 0.2) is 0 Å². The van der Waals surface area contributed by atoms with Crippen molar-refractivity contribution in [3.63, 3.8) is 0 Å². The van der Waals surface area contributed by atoms with Gasteiger partial charge in [-0.25, -0.2) is 0 Å². The minimum atomic E-state index is 0. The third-order valence-corrected chi connectivity index (χ3v) is 4.27. The van der Waals surface area contributed by atoms with E-state index in [4.69, 9.17) is 24.8 Å². The summed E-state index contributed by atoms with van der Waals surface area (Å²) in [6.45, 7) is 2.26. The molecule has 0 atom stereocenters. The van der Waals surface area contributed by atoms with Crippen molar-refractivity contribution in [2.75, 3.05) is 5.32 Å². The first-order valence-corrected chi connectivity index (χ1v) is 9.16. The van der Waals surface area contributed by atoms with E-state index in [2.05, 4.69) is 22.4 Å². The molecule has 0 bridgehead atoms. The van der Waals surface area contributed by atoms with Crippen LogP contribution in [0.1, 0.15) is 69.7 Å². The topological polar surface area (TPSA) is 37.8 Å². The molecule has 21 heavy (non-hydrogen) atoms. The van der Waals surface area contributed by atoms with Gasteiger partial charge in [-0.05, 0) is 6.42 Å². The molecular formula is C14H24KN3S3. The van der Waals surface area contributed by atoms with Crippen molar-refractivity contribution < 1.29 is 51.4 Å². The molecule has 7 heteroatoms. The van der Waals surface area contributed by atoms with E-state index in [9.17, 15) is 0 Å². The number of aryl methyl sites for hydroxylation is 1. The van der Waals surface area contributed by atoms with Gasteiger partial charge in [0, 0.05) is 6.42 Å². The number of aromatic nitrogens is 2. The maximum absolute atomic E-state index is 4.80. The Morgan fingerprint density at radius 3 is 2.19 bits per heavy atom. The maximum Gasteiger partial charge on any atom is 1.00 e. The van der Waals surface area contributed by atoms with Crippen LogP contribution in [0, 0.1) is 0 Å². The Bertz CT molecular complexity index is 385. The Morgan fingerprint density at radius 1 is 1.05 bits per heavy atom. The van der Waals surface area contributed by atoms with Gasteiger partial charge in [-0.1, -0.05) is 73.9 Å². The van der Waals surface area contributed by atoms with Gasteiger partial charge < -0.3 is 30.2 Å². The molecule has 0 unspecified atom stereocenters. The SMILES string of the molecule is CCCCCCCCCCCc1nnc(NC(=S)[S-])s1.[K+]. The van der Waals surface area contributed by atoms with Gasteiger partial charge in [0.15, 0.2) is 0 Å². The molecule has 0 aliphatic rings. The van der Waals surface area contributed by atoms with Crippen molar-refractivity contribution in [2.24, 2.45) is 0 Å². The number of anilines is 1. The second-order valence-electron chi connectivity index (χ2n) is 4.99. The molecular weight excluding hydrogens is 345 g/mol. The average Bonchev–Trinajstić information content (AvgIpc) is 2.83. The van der Waals surface area contributed by atoms with E-state index in [0.29, 0.717) is 4.32 Å². The molecule has 0 saturated heterocycles. The molecule has 0 saturated carbocycles. The molecule has 114 valence electrons. The van der Waals surface area contributed by atoms with Crippen molar-refractivity contribution in [1.82, 2.24) is 10.2 Å². The molecule has 0 aromatic carbocycles. The normalized spacial score (nSPS) is 10.1. The standard InChI is InChI=1S/C14H25N3S3.K/c1-2-3-4-5-6-7-8-9-10-11-12-16-17-13(20-12)15-14(18)19;/h2-11H2,1H3,(H2,15,17,18,19);/q;+1/p-1. The van der Waals surface area contributed by atoms with Crippen molar-refractivity contribution in [3.05, 3.63) is 5.01 Å². The van der Waals surface area contributed by atoms with Crippen LogP contribution >= 0.6 is 23.6 Å². The Kier molecular flexibility index (Phi) is 15.8. The second kappa shape index (κ2) is 14.9. The molecule has 1 aromatic heterocycles. The number of nitrogens with zero attached hydrogens (tertiary/aromatic N) is 2. The van der Waals surface area contributed by atoms with Gasteiger partial charge in [0.1, 0.15) is 5.01 Å². The fourth-order valence-corrected chi connectivity index (χ4v) is 3.19. The molecule has 0 aliphatic carbocycles. The summed E-state index contributed by atoms with van der Waals surface area (Å²) in [6.07, 6.45) is 13.1. The van der Waals surface area contributed by atoms with Crippen molar-refractivity contribution in [2.45, 2.75) is 71.1 Å². The summed E-state index contributed by atoms with van der Waals surface area (Å²) in [5.41, 5.74) is 0. The fourth-order valence-electron chi connectivity index (χ4n) is 2.08. The van der Waals surface area contributed by atoms with Gasteiger partial charge >= 0.3 is 51.4 Å². The number of hydrogen-bond acceptors (Lipinski definition) is 5. The number of hydrogen-bond donors (Lipinski definition) is 1. The van der Waals surface area contributed by atoms with Gasteiger partial charge in [-0.3, -0.25) is 0 Å². The predicted molar refractivity (Wildman–Crippen MR) is 94.4 cm³/mol. The molecule has 1 heterocycles. The predicted octanol–water partition coefficient (Wildman–Crippen LogP) is 1.86. The van der Waals surface area contributed by atoms with Crippen LogP contribution in [0.4, 0.5) is 5.13 Å². The second-order valence-corrected chi connectivity index (χ2v) is 7.13. The maximum atomic E-state index is 4.80.